The predicted octanol–water partition coefficient (Wildman–Crippen LogP) is 3.31. The molecule has 0 fully saturated rings. The Kier molecular flexibility index (Phi) is 7.02. The molecule has 2 aromatic rings. The third-order valence-electron chi connectivity index (χ3n) is 3.50. The topological polar surface area (TPSA) is 96.9 Å². The van der Waals surface area contributed by atoms with Crippen LogP contribution in [0.2, 0.25) is 0 Å². The number of carbonyl (C=O) groups excluding carboxylic acids is 1. The Bertz CT molecular complexity index is 846. The summed E-state index contributed by atoms with van der Waals surface area (Å²) >= 11 is 2.12. The minimum Gasteiger partial charge on any atom is -0.507 e. The van der Waals surface area contributed by atoms with E-state index in [1.807, 2.05) is 13.0 Å². The number of benzene rings is 2. The molecule has 0 heterocycles. The van der Waals surface area contributed by atoms with Crippen molar-refractivity contribution in [2.75, 3.05) is 4.55 Å². The fourth-order valence-corrected chi connectivity index (χ4v) is 2.30. The number of carbonyl (C=O) groups is 1. The first-order valence-corrected chi connectivity index (χ1v) is 9.36. The van der Waals surface area contributed by atoms with Crippen LogP contribution in [-0.4, -0.2) is 21.5 Å². The van der Waals surface area contributed by atoms with Gasteiger partial charge in [0.2, 0.25) is 0 Å². The highest BCUT2D eigenvalue weighted by atomic mass is 127. The molecule has 0 radical (unpaired) electrons. The second kappa shape index (κ2) is 9.23. The summed E-state index contributed by atoms with van der Waals surface area (Å²) in [6, 6.07) is 12.0. The predicted molar refractivity (Wildman–Crippen MR) is 111 cm³/mol. The molecule has 2 aromatic carbocycles. The van der Waals surface area contributed by atoms with Crippen molar-refractivity contribution in [3.8, 4) is 11.5 Å². The van der Waals surface area contributed by atoms with Crippen molar-refractivity contribution in [2.45, 2.75) is 13.8 Å². The van der Waals surface area contributed by atoms with E-state index in [2.05, 4.69) is 33.1 Å². The monoisotopic (exact) mass is 465 g/mol. The van der Waals surface area contributed by atoms with E-state index in [9.17, 15) is 9.90 Å². The second-order valence-corrected chi connectivity index (χ2v) is 6.36. The van der Waals surface area contributed by atoms with Crippen molar-refractivity contribution in [3.05, 3.63) is 64.7 Å². The molecule has 0 aliphatic rings. The number of halogens is 1. The maximum atomic E-state index is 12.2. The molecule has 0 aliphatic carbocycles. The van der Waals surface area contributed by atoms with E-state index < -0.39 is 5.97 Å². The summed E-state index contributed by atoms with van der Waals surface area (Å²) in [5.74, 6) is 0.377. The summed E-state index contributed by atoms with van der Waals surface area (Å²) in [6.07, 6.45) is 1.59. The number of esters is 1. The Hall–Kier alpha value is -2.55. The van der Waals surface area contributed by atoms with Gasteiger partial charge in [-0.2, -0.15) is 5.10 Å². The third kappa shape index (κ3) is 5.48. The molecule has 0 aliphatic heterocycles. The zero-order valence-electron chi connectivity index (χ0n) is 14.5. The summed E-state index contributed by atoms with van der Waals surface area (Å²) < 4.78 is 5.99. The van der Waals surface area contributed by atoms with Crippen molar-refractivity contribution in [1.29, 1.82) is 0 Å². The first-order chi connectivity index (χ1) is 12.4. The van der Waals surface area contributed by atoms with Crippen molar-refractivity contribution >= 4 is 40.5 Å². The highest BCUT2D eigenvalue weighted by Crippen LogP contribution is 2.22. The van der Waals surface area contributed by atoms with Crippen LogP contribution in [0.3, 0.4) is 0 Å². The largest absolute Gasteiger partial charge is 0.507 e. The molecule has 2 rings (SSSR count). The van der Waals surface area contributed by atoms with Gasteiger partial charge in [-0.1, -0.05) is 34.7 Å². The first-order valence-electron chi connectivity index (χ1n) is 7.83. The van der Waals surface area contributed by atoms with Gasteiger partial charge in [0.25, 0.3) is 0 Å². The molecule has 0 aromatic heterocycles. The highest BCUT2D eigenvalue weighted by molar-refractivity contribution is 14.1. The number of ether oxygens (including phenoxy) is 1. The minimum atomic E-state index is -0.494. The average Bonchev–Trinajstić information content (AvgIpc) is 2.62. The standard InChI is InChI=1S/C19H20IN3O3/c1-12-3-4-15(17(24)9-12)10-13(2)19(25)26-16-7-5-14(6-8-16)18(21)23-22-11-20/h3-10,22,24H,11H2,1-2H3,(H2,21,23)/b13-10+. The van der Waals surface area contributed by atoms with Gasteiger partial charge in [0.05, 0.1) is 4.55 Å². The van der Waals surface area contributed by atoms with E-state index in [4.69, 9.17) is 10.5 Å². The quantitative estimate of drug-likeness (QED) is 0.0700. The molecule has 26 heavy (non-hydrogen) atoms. The van der Waals surface area contributed by atoms with Gasteiger partial charge < -0.3 is 15.6 Å². The van der Waals surface area contributed by atoms with Crippen molar-refractivity contribution in [2.24, 2.45) is 10.8 Å². The average molecular weight is 465 g/mol. The summed E-state index contributed by atoms with van der Waals surface area (Å²) in [7, 11) is 0. The molecule has 4 N–H and O–H groups in total. The van der Waals surface area contributed by atoms with Crippen molar-refractivity contribution in [3.63, 3.8) is 0 Å². The first kappa shape index (κ1) is 19.8. The van der Waals surface area contributed by atoms with Gasteiger partial charge in [0.15, 0.2) is 5.84 Å². The number of nitrogens with two attached hydrogens (primary N) is 1. The van der Waals surface area contributed by atoms with Crippen molar-refractivity contribution < 1.29 is 14.6 Å². The fourth-order valence-electron chi connectivity index (χ4n) is 2.13. The number of phenolic OH excluding ortho intramolecular Hbond substituents is 1. The van der Waals surface area contributed by atoms with Gasteiger partial charge in [-0.25, -0.2) is 4.79 Å². The number of hydrogen-bond acceptors (Lipinski definition) is 5. The van der Waals surface area contributed by atoms with E-state index in [-0.39, 0.29) is 5.75 Å². The van der Waals surface area contributed by atoms with Crippen LogP contribution in [0.25, 0.3) is 6.08 Å². The Labute approximate surface area is 165 Å². The Morgan fingerprint density at radius 3 is 2.62 bits per heavy atom. The van der Waals surface area contributed by atoms with E-state index in [1.54, 1.807) is 49.4 Å². The molecule has 0 spiro atoms. The number of aromatic hydroxyl groups is 1. The number of hydrazone groups is 1. The smallest absolute Gasteiger partial charge is 0.339 e. The van der Waals surface area contributed by atoms with Crippen LogP contribution in [0.1, 0.15) is 23.6 Å². The van der Waals surface area contributed by atoms with Gasteiger partial charge >= 0.3 is 5.97 Å². The van der Waals surface area contributed by atoms with Gasteiger partial charge in [-0.15, -0.1) is 0 Å². The molecule has 0 bridgehead atoms. The zero-order chi connectivity index (χ0) is 19.1. The molecule has 0 saturated carbocycles. The van der Waals surface area contributed by atoms with Crippen LogP contribution in [0.5, 0.6) is 11.5 Å². The Balaban J connectivity index is 2.08. The van der Waals surface area contributed by atoms with Crippen LogP contribution in [0, 0.1) is 6.92 Å². The lowest BCUT2D eigenvalue weighted by molar-refractivity contribution is -0.130. The van der Waals surface area contributed by atoms with Crippen LogP contribution in [-0.2, 0) is 4.79 Å². The third-order valence-corrected chi connectivity index (χ3v) is 3.84. The van der Waals surface area contributed by atoms with E-state index >= 15 is 0 Å². The molecule has 0 unspecified atom stereocenters. The zero-order valence-corrected chi connectivity index (χ0v) is 16.6. The number of amidine groups is 1. The Morgan fingerprint density at radius 1 is 1.31 bits per heavy atom. The summed E-state index contributed by atoms with van der Waals surface area (Å²) in [5.41, 5.74) is 11.2. The van der Waals surface area contributed by atoms with Crippen LogP contribution in [0.15, 0.2) is 53.1 Å². The summed E-state index contributed by atoms with van der Waals surface area (Å²) in [6.45, 7) is 3.52. The lowest BCUT2D eigenvalue weighted by Crippen LogP contribution is -2.18. The molecule has 0 saturated heterocycles. The molecular weight excluding hydrogens is 445 g/mol. The fraction of sp³-hybridized carbons (Fsp3) is 0.158. The number of rotatable bonds is 6. The summed E-state index contributed by atoms with van der Waals surface area (Å²) in [5, 5.41) is 13.9. The van der Waals surface area contributed by atoms with Gasteiger partial charge in [0.1, 0.15) is 11.5 Å². The number of hydrogen-bond donors (Lipinski definition) is 3. The second-order valence-electron chi connectivity index (χ2n) is 5.59. The van der Waals surface area contributed by atoms with E-state index in [0.29, 0.717) is 27.3 Å². The molecule has 7 heteroatoms. The van der Waals surface area contributed by atoms with E-state index in [0.717, 1.165) is 11.1 Å². The molecular formula is C19H20IN3O3. The van der Waals surface area contributed by atoms with Crippen LogP contribution < -0.4 is 15.9 Å². The maximum absolute atomic E-state index is 12.2. The SMILES string of the molecule is C/C(=C\c1ccc(C)cc1O)C(=O)Oc1ccc(C(N)=NNCI)cc1. The highest BCUT2D eigenvalue weighted by Gasteiger charge is 2.09. The van der Waals surface area contributed by atoms with Gasteiger partial charge in [0, 0.05) is 16.7 Å². The number of nitrogens with one attached hydrogen (secondary N) is 1. The number of aryl methyl sites for hydroxylation is 1. The van der Waals surface area contributed by atoms with Gasteiger partial charge in [-0.05, 0) is 55.8 Å². The minimum absolute atomic E-state index is 0.122. The van der Waals surface area contributed by atoms with E-state index in [1.165, 1.54) is 0 Å². The van der Waals surface area contributed by atoms with Crippen LogP contribution in [0.4, 0.5) is 0 Å². The Morgan fingerprint density at radius 2 is 2.00 bits per heavy atom. The normalized spacial score (nSPS) is 12.0. The molecule has 6 nitrogen and oxygen atoms in total. The summed E-state index contributed by atoms with van der Waals surface area (Å²) in [4.78, 5) is 12.2. The maximum Gasteiger partial charge on any atom is 0.339 e. The van der Waals surface area contributed by atoms with Crippen molar-refractivity contribution in [1.82, 2.24) is 5.43 Å². The number of alkyl halides is 1. The van der Waals surface area contributed by atoms with Gasteiger partial charge in [-0.3, -0.25) is 5.43 Å². The molecule has 136 valence electrons. The van der Waals surface area contributed by atoms with Crippen LogP contribution >= 0.6 is 22.6 Å². The molecule has 0 amide bonds. The number of phenols is 1. The lowest BCUT2D eigenvalue weighted by Gasteiger charge is -2.07. The lowest BCUT2D eigenvalue weighted by atomic mass is 10.1. The number of nitrogens with zero attached hydrogens (tertiary/aromatic N) is 1. The molecule has 0 atom stereocenters.